The zero-order valence-electron chi connectivity index (χ0n) is 13.1. The molecule has 0 bridgehead atoms. The van der Waals surface area contributed by atoms with Crippen LogP contribution in [0, 0.1) is 0 Å². The summed E-state index contributed by atoms with van der Waals surface area (Å²) in [6.07, 6.45) is 4.86. The van der Waals surface area contributed by atoms with Gasteiger partial charge in [-0.3, -0.25) is 4.79 Å². The van der Waals surface area contributed by atoms with E-state index in [1.165, 1.54) is 5.56 Å². The molecule has 5 heteroatoms. The number of carbonyl (C=O) groups is 1. The van der Waals surface area contributed by atoms with Crippen LogP contribution in [0.5, 0.6) is 0 Å². The van der Waals surface area contributed by atoms with Gasteiger partial charge in [0.15, 0.2) is 0 Å². The molecule has 1 heterocycles. The molecule has 3 rings (SSSR count). The van der Waals surface area contributed by atoms with Gasteiger partial charge in [-0.25, -0.2) is 4.98 Å². The number of rotatable bonds is 6. The predicted molar refractivity (Wildman–Crippen MR) is 91.2 cm³/mol. The highest BCUT2D eigenvalue weighted by Crippen LogP contribution is 2.29. The van der Waals surface area contributed by atoms with Gasteiger partial charge in [0, 0.05) is 11.8 Å². The molecule has 0 spiro atoms. The maximum absolute atomic E-state index is 12.1. The SMILES string of the molecule is O=C(NCc1csc(CCc2ccccc2)n1)C1(O)CCCC1. The predicted octanol–water partition coefficient (Wildman–Crippen LogP) is 2.85. The zero-order chi connectivity index (χ0) is 16.1. The first-order chi connectivity index (χ1) is 11.2. The number of hydrogen-bond donors (Lipinski definition) is 2. The molecule has 0 unspecified atom stereocenters. The second kappa shape index (κ2) is 7.23. The van der Waals surface area contributed by atoms with Crippen molar-refractivity contribution in [2.24, 2.45) is 0 Å². The molecular formula is C18H22N2O2S. The fourth-order valence-electron chi connectivity index (χ4n) is 2.96. The van der Waals surface area contributed by atoms with Crippen molar-refractivity contribution < 1.29 is 9.90 Å². The summed E-state index contributed by atoms with van der Waals surface area (Å²) in [5.74, 6) is -0.256. The number of amides is 1. The fraction of sp³-hybridized carbons (Fsp3) is 0.444. The lowest BCUT2D eigenvalue weighted by Gasteiger charge is -2.20. The number of nitrogens with one attached hydrogen (secondary N) is 1. The Kier molecular flexibility index (Phi) is 5.08. The van der Waals surface area contributed by atoms with E-state index in [1.807, 2.05) is 23.6 Å². The topological polar surface area (TPSA) is 62.2 Å². The number of aliphatic hydroxyl groups is 1. The monoisotopic (exact) mass is 330 g/mol. The number of carbonyl (C=O) groups excluding carboxylic acids is 1. The summed E-state index contributed by atoms with van der Waals surface area (Å²) in [6.45, 7) is 0.392. The molecule has 0 aliphatic heterocycles. The van der Waals surface area contributed by atoms with Crippen LogP contribution in [0.4, 0.5) is 0 Å². The van der Waals surface area contributed by atoms with E-state index in [2.05, 4.69) is 22.4 Å². The highest BCUT2D eigenvalue weighted by Gasteiger charge is 2.38. The van der Waals surface area contributed by atoms with Crippen molar-refractivity contribution in [2.75, 3.05) is 0 Å². The van der Waals surface area contributed by atoms with Crippen LogP contribution in [-0.4, -0.2) is 21.6 Å². The Bertz CT molecular complexity index is 648. The van der Waals surface area contributed by atoms with Crippen molar-refractivity contribution in [3.63, 3.8) is 0 Å². The van der Waals surface area contributed by atoms with Crippen LogP contribution >= 0.6 is 11.3 Å². The Balaban J connectivity index is 1.48. The van der Waals surface area contributed by atoms with Gasteiger partial charge in [-0.1, -0.05) is 30.3 Å². The molecule has 4 nitrogen and oxygen atoms in total. The number of thiazole rings is 1. The average molecular weight is 330 g/mol. The standard InChI is InChI=1S/C18H22N2O2S/c21-17(18(22)10-4-5-11-18)19-12-15-13-23-16(20-15)9-8-14-6-2-1-3-7-14/h1-3,6-7,13,22H,4-5,8-12H2,(H,19,21). The highest BCUT2D eigenvalue weighted by molar-refractivity contribution is 7.09. The van der Waals surface area contributed by atoms with Crippen LogP contribution in [0.25, 0.3) is 0 Å². The summed E-state index contributed by atoms with van der Waals surface area (Å²) in [5.41, 5.74) is 1.01. The van der Waals surface area contributed by atoms with Gasteiger partial charge in [-0.05, 0) is 37.7 Å². The summed E-state index contributed by atoms with van der Waals surface area (Å²) in [7, 11) is 0. The van der Waals surface area contributed by atoms with Crippen LogP contribution in [0.2, 0.25) is 0 Å². The molecule has 122 valence electrons. The Labute approximate surface area is 140 Å². The number of hydrogen-bond acceptors (Lipinski definition) is 4. The van der Waals surface area contributed by atoms with Crippen molar-refractivity contribution in [1.29, 1.82) is 0 Å². The average Bonchev–Trinajstić information content (AvgIpc) is 3.21. The van der Waals surface area contributed by atoms with E-state index in [0.717, 1.165) is 36.4 Å². The molecule has 23 heavy (non-hydrogen) atoms. The van der Waals surface area contributed by atoms with Crippen molar-refractivity contribution in [2.45, 2.75) is 50.7 Å². The minimum Gasteiger partial charge on any atom is -0.380 e. The lowest BCUT2D eigenvalue weighted by atomic mass is 10.0. The largest absolute Gasteiger partial charge is 0.380 e. The first-order valence-electron chi connectivity index (χ1n) is 8.14. The molecule has 1 aromatic carbocycles. The van der Waals surface area contributed by atoms with Crippen molar-refractivity contribution in [3.8, 4) is 0 Å². The second-order valence-corrected chi connectivity index (χ2v) is 7.08. The molecule has 1 saturated carbocycles. The molecule has 0 atom stereocenters. The number of aromatic nitrogens is 1. The first-order valence-corrected chi connectivity index (χ1v) is 9.02. The number of benzene rings is 1. The molecule has 1 amide bonds. The molecule has 2 N–H and O–H groups in total. The third kappa shape index (κ3) is 4.18. The normalized spacial score (nSPS) is 16.4. The van der Waals surface area contributed by atoms with E-state index in [0.29, 0.717) is 19.4 Å². The van der Waals surface area contributed by atoms with E-state index in [1.54, 1.807) is 11.3 Å². The molecule has 1 fully saturated rings. The minimum atomic E-state index is -1.16. The highest BCUT2D eigenvalue weighted by atomic mass is 32.1. The van der Waals surface area contributed by atoms with E-state index in [9.17, 15) is 9.90 Å². The molecule has 1 aliphatic rings. The summed E-state index contributed by atoms with van der Waals surface area (Å²) in [6, 6.07) is 10.4. The van der Waals surface area contributed by atoms with E-state index >= 15 is 0 Å². The minimum absolute atomic E-state index is 0.256. The van der Waals surface area contributed by atoms with Gasteiger partial charge in [-0.2, -0.15) is 0 Å². The van der Waals surface area contributed by atoms with Gasteiger partial charge in [0.25, 0.3) is 5.91 Å². The zero-order valence-corrected chi connectivity index (χ0v) is 13.9. The molecule has 0 saturated heterocycles. The van der Waals surface area contributed by atoms with Crippen molar-refractivity contribution >= 4 is 17.2 Å². The van der Waals surface area contributed by atoms with Crippen LogP contribution < -0.4 is 5.32 Å². The van der Waals surface area contributed by atoms with Crippen LogP contribution in [0.15, 0.2) is 35.7 Å². The Morgan fingerprint density at radius 2 is 1.96 bits per heavy atom. The van der Waals surface area contributed by atoms with Gasteiger partial charge in [-0.15, -0.1) is 11.3 Å². The van der Waals surface area contributed by atoms with Crippen molar-refractivity contribution in [3.05, 3.63) is 52.0 Å². The molecule has 1 aromatic heterocycles. The summed E-state index contributed by atoms with van der Waals surface area (Å²) in [5, 5.41) is 16.1. The molecule has 0 radical (unpaired) electrons. The van der Waals surface area contributed by atoms with Gasteiger partial charge >= 0.3 is 0 Å². The molecule has 2 aromatic rings. The van der Waals surface area contributed by atoms with Gasteiger partial charge < -0.3 is 10.4 Å². The Morgan fingerprint density at radius 1 is 1.22 bits per heavy atom. The summed E-state index contributed by atoms with van der Waals surface area (Å²) in [4.78, 5) is 16.6. The quantitative estimate of drug-likeness (QED) is 0.856. The van der Waals surface area contributed by atoms with Crippen molar-refractivity contribution in [1.82, 2.24) is 10.3 Å². The maximum Gasteiger partial charge on any atom is 0.252 e. The third-order valence-electron chi connectivity index (χ3n) is 4.35. The number of aryl methyl sites for hydroxylation is 2. The second-order valence-electron chi connectivity index (χ2n) is 6.14. The number of nitrogens with zero attached hydrogens (tertiary/aromatic N) is 1. The van der Waals surface area contributed by atoms with Gasteiger partial charge in [0.05, 0.1) is 17.2 Å². The molecular weight excluding hydrogens is 308 g/mol. The maximum atomic E-state index is 12.1. The smallest absolute Gasteiger partial charge is 0.252 e. The van der Waals surface area contributed by atoms with Crippen LogP contribution in [0.1, 0.15) is 41.9 Å². The van der Waals surface area contributed by atoms with E-state index < -0.39 is 5.60 Å². The lowest BCUT2D eigenvalue weighted by molar-refractivity contribution is -0.139. The van der Waals surface area contributed by atoms with Gasteiger partial charge in [0.2, 0.25) is 0 Å². The molecule has 1 aliphatic carbocycles. The van der Waals surface area contributed by atoms with E-state index in [-0.39, 0.29) is 5.91 Å². The van der Waals surface area contributed by atoms with Gasteiger partial charge in [0.1, 0.15) is 5.60 Å². The lowest BCUT2D eigenvalue weighted by Crippen LogP contribution is -2.44. The van der Waals surface area contributed by atoms with Crippen LogP contribution in [-0.2, 0) is 24.2 Å². The van der Waals surface area contributed by atoms with Crippen LogP contribution in [0.3, 0.4) is 0 Å². The summed E-state index contributed by atoms with van der Waals surface area (Å²) >= 11 is 1.63. The first kappa shape index (κ1) is 16.1. The fourth-order valence-corrected chi connectivity index (χ4v) is 3.76. The Morgan fingerprint density at radius 3 is 2.70 bits per heavy atom. The third-order valence-corrected chi connectivity index (χ3v) is 5.31. The summed E-state index contributed by atoms with van der Waals surface area (Å²) < 4.78 is 0. The van der Waals surface area contributed by atoms with E-state index in [4.69, 9.17) is 0 Å². The Hall–Kier alpha value is -1.72.